The zero-order valence-corrected chi connectivity index (χ0v) is 19.7. The number of hydrogen-bond donors (Lipinski definition) is 2. The van der Waals surface area contributed by atoms with Crippen LogP contribution in [0.3, 0.4) is 0 Å². The molecule has 0 aromatic carbocycles. The van der Waals surface area contributed by atoms with E-state index in [-0.39, 0.29) is 24.2 Å². The molecule has 0 aliphatic rings. The summed E-state index contributed by atoms with van der Waals surface area (Å²) in [5.41, 5.74) is 0. The fourth-order valence-electron chi connectivity index (χ4n) is 3.19. The van der Waals surface area contributed by atoms with Gasteiger partial charge in [0.05, 0.1) is 6.42 Å². The molecule has 0 radical (unpaired) electrons. The summed E-state index contributed by atoms with van der Waals surface area (Å²) in [6.45, 7) is 12.5. The van der Waals surface area contributed by atoms with Gasteiger partial charge in [0.2, 0.25) is 11.8 Å². The van der Waals surface area contributed by atoms with Gasteiger partial charge in [0.1, 0.15) is 6.04 Å². The Bertz CT molecular complexity index is 551. The van der Waals surface area contributed by atoms with E-state index >= 15 is 0 Å². The van der Waals surface area contributed by atoms with Crippen LogP contribution >= 0.6 is 11.8 Å². The van der Waals surface area contributed by atoms with Gasteiger partial charge in [-0.05, 0) is 56.5 Å². The molecular formula is C23H40N2O4S. The van der Waals surface area contributed by atoms with Crippen LogP contribution in [0.1, 0.15) is 58.8 Å². The highest BCUT2D eigenvalue weighted by Gasteiger charge is 2.31. The SMILES string of the molecule is C=CCCC[C@H](CC(=O)O)C(=O)N[C@H](C(=O)N(CCCC=C)CCCSC)C(C)C. The number of carbonyl (C=O) groups is 3. The van der Waals surface area contributed by atoms with Gasteiger partial charge in [0.25, 0.3) is 0 Å². The number of hydrogen-bond acceptors (Lipinski definition) is 4. The molecule has 0 aromatic heterocycles. The van der Waals surface area contributed by atoms with Crippen molar-refractivity contribution in [2.45, 2.75) is 64.8 Å². The second-order valence-corrected chi connectivity index (χ2v) is 8.83. The molecule has 0 spiro atoms. The van der Waals surface area contributed by atoms with E-state index in [9.17, 15) is 19.5 Å². The summed E-state index contributed by atoms with van der Waals surface area (Å²) in [7, 11) is 0. The number of amides is 2. The van der Waals surface area contributed by atoms with E-state index in [1.165, 1.54) is 0 Å². The standard InChI is InChI=1S/C23H40N2O4S/c1-6-8-10-13-19(17-20(26)27)22(28)24-21(18(3)4)23(29)25(14-11-9-7-2)15-12-16-30-5/h6-7,18-19,21H,1-2,8-17H2,3-5H3,(H,24,28)(H,26,27)/t19-,21+/m1/s1. The lowest BCUT2D eigenvalue weighted by molar-refractivity contribution is -0.142. The van der Waals surface area contributed by atoms with E-state index in [1.807, 2.05) is 31.1 Å². The van der Waals surface area contributed by atoms with Crippen molar-refractivity contribution in [3.63, 3.8) is 0 Å². The quantitative estimate of drug-likeness (QED) is 0.247. The number of carboxylic acids is 1. The Morgan fingerprint density at radius 3 is 2.20 bits per heavy atom. The number of aliphatic carboxylic acids is 1. The van der Waals surface area contributed by atoms with Crippen molar-refractivity contribution in [1.29, 1.82) is 0 Å². The van der Waals surface area contributed by atoms with Crippen molar-refractivity contribution < 1.29 is 19.5 Å². The smallest absolute Gasteiger partial charge is 0.304 e. The van der Waals surface area contributed by atoms with Crippen LogP contribution in [-0.4, -0.2) is 58.9 Å². The highest BCUT2D eigenvalue weighted by atomic mass is 32.2. The minimum absolute atomic E-state index is 0.0938. The molecule has 0 heterocycles. The van der Waals surface area contributed by atoms with E-state index < -0.39 is 17.9 Å². The van der Waals surface area contributed by atoms with E-state index in [1.54, 1.807) is 17.8 Å². The maximum absolute atomic E-state index is 13.3. The number of rotatable bonds is 18. The summed E-state index contributed by atoms with van der Waals surface area (Å²) in [6.07, 6.45) is 9.82. The minimum atomic E-state index is -1.01. The van der Waals surface area contributed by atoms with Crippen LogP contribution < -0.4 is 5.32 Å². The van der Waals surface area contributed by atoms with Crippen molar-refractivity contribution in [3.8, 4) is 0 Å². The lowest BCUT2D eigenvalue weighted by Crippen LogP contribution is -2.53. The van der Waals surface area contributed by atoms with Gasteiger partial charge in [0.15, 0.2) is 0 Å². The molecule has 0 aliphatic carbocycles. The van der Waals surface area contributed by atoms with Gasteiger partial charge in [-0.1, -0.05) is 26.0 Å². The molecule has 0 bridgehead atoms. The molecule has 0 aromatic rings. The van der Waals surface area contributed by atoms with Crippen molar-refractivity contribution in [3.05, 3.63) is 25.3 Å². The van der Waals surface area contributed by atoms with Crippen LogP contribution in [0, 0.1) is 11.8 Å². The molecule has 0 fully saturated rings. The van der Waals surface area contributed by atoms with Crippen LogP contribution in [0.15, 0.2) is 25.3 Å². The summed E-state index contributed by atoms with van der Waals surface area (Å²) in [5, 5.41) is 12.1. The number of allylic oxidation sites excluding steroid dienone is 2. The predicted molar refractivity (Wildman–Crippen MR) is 126 cm³/mol. The largest absolute Gasteiger partial charge is 0.481 e. The van der Waals surface area contributed by atoms with Crippen LogP contribution in [0.4, 0.5) is 0 Å². The van der Waals surface area contributed by atoms with Gasteiger partial charge in [-0.25, -0.2) is 0 Å². The number of carboxylic acid groups (broad SMARTS) is 1. The number of unbranched alkanes of at least 4 members (excludes halogenated alkanes) is 2. The molecule has 7 heteroatoms. The zero-order chi connectivity index (χ0) is 22.9. The first-order valence-corrected chi connectivity index (χ1v) is 12.2. The molecule has 0 saturated carbocycles. The molecule has 0 unspecified atom stereocenters. The fraction of sp³-hybridized carbons (Fsp3) is 0.696. The second-order valence-electron chi connectivity index (χ2n) is 7.85. The third-order valence-corrected chi connectivity index (χ3v) is 5.60. The van der Waals surface area contributed by atoms with Gasteiger partial charge >= 0.3 is 5.97 Å². The Hall–Kier alpha value is -1.76. The number of nitrogens with one attached hydrogen (secondary N) is 1. The molecule has 172 valence electrons. The predicted octanol–water partition coefficient (Wildman–Crippen LogP) is 4.12. The second kappa shape index (κ2) is 17.0. The Kier molecular flexibility index (Phi) is 16.0. The summed E-state index contributed by atoms with van der Waals surface area (Å²) < 4.78 is 0. The Morgan fingerprint density at radius 1 is 1.07 bits per heavy atom. The first kappa shape index (κ1) is 28.2. The van der Waals surface area contributed by atoms with Gasteiger partial charge in [0, 0.05) is 19.0 Å². The van der Waals surface area contributed by atoms with E-state index in [4.69, 9.17) is 0 Å². The molecule has 2 atom stereocenters. The normalized spacial score (nSPS) is 12.8. The van der Waals surface area contributed by atoms with Gasteiger partial charge in [-0.3, -0.25) is 14.4 Å². The Balaban J connectivity index is 5.28. The highest BCUT2D eigenvalue weighted by Crippen LogP contribution is 2.16. The third-order valence-electron chi connectivity index (χ3n) is 4.91. The molecule has 0 rings (SSSR count). The maximum atomic E-state index is 13.3. The lowest BCUT2D eigenvalue weighted by atomic mass is 9.95. The summed E-state index contributed by atoms with van der Waals surface area (Å²) in [5.74, 6) is -1.24. The topological polar surface area (TPSA) is 86.7 Å². The molecule has 0 saturated heterocycles. The van der Waals surface area contributed by atoms with E-state index in [2.05, 4.69) is 18.5 Å². The average molecular weight is 441 g/mol. The van der Waals surface area contributed by atoms with Gasteiger partial charge in [-0.2, -0.15) is 11.8 Å². The first-order chi connectivity index (χ1) is 14.3. The number of thioether (sulfide) groups is 1. The summed E-state index contributed by atoms with van der Waals surface area (Å²) >= 11 is 1.74. The van der Waals surface area contributed by atoms with Gasteiger partial charge in [-0.15, -0.1) is 13.2 Å². The fourth-order valence-corrected chi connectivity index (χ4v) is 3.60. The van der Waals surface area contributed by atoms with E-state index in [0.717, 1.165) is 31.4 Å². The van der Waals surface area contributed by atoms with E-state index in [0.29, 0.717) is 25.9 Å². The first-order valence-electron chi connectivity index (χ1n) is 10.8. The Labute approximate surface area is 186 Å². The Morgan fingerprint density at radius 2 is 1.67 bits per heavy atom. The van der Waals surface area contributed by atoms with Gasteiger partial charge < -0.3 is 15.3 Å². The molecule has 6 nitrogen and oxygen atoms in total. The molecule has 30 heavy (non-hydrogen) atoms. The lowest BCUT2D eigenvalue weighted by Gasteiger charge is -2.31. The zero-order valence-electron chi connectivity index (χ0n) is 18.9. The van der Waals surface area contributed by atoms with Crippen molar-refractivity contribution in [2.75, 3.05) is 25.1 Å². The summed E-state index contributed by atoms with van der Waals surface area (Å²) in [4.78, 5) is 39.2. The van der Waals surface area contributed by atoms with Crippen molar-refractivity contribution in [1.82, 2.24) is 10.2 Å². The van der Waals surface area contributed by atoms with Crippen LogP contribution in [0.25, 0.3) is 0 Å². The average Bonchev–Trinajstić information content (AvgIpc) is 2.69. The molecule has 2 amide bonds. The molecule has 0 aliphatic heterocycles. The van der Waals surface area contributed by atoms with Crippen molar-refractivity contribution in [2.24, 2.45) is 11.8 Å². The highest BCUT2D eigenvalue weighted by molar-refractivity contribution is 7.98. The van der Waals surface area contributed by atoms with Crippen LogP contribution in [0.2, 0.25) is 0 Å². The van der Waals surface area contributed by atoms with Crippen LogP contribution in [0.5, 0.6) is 0 Å². The maximum Gasteiger partial charge on any atom is 0.304 e. The third kappa shape index (κ3) is 12.1. The van der Waals surface area contributed by atoms with Crippen molar-refractivity contribution >= 4 is 29.5 Å². The minimum Gasteiger partial charge on any atom is -0.481 e. The monoisotopic (exact) mass is 440 g/mol. The molecular weight excluding hydrogens is 400 g/mol. The number of nitrogens with zero attached hydrogens (tertiary/aromatic N) is 1. The number of carbonyl (C=O) groups excluding carboxylic acids is 2. The van der Waals surface area contributed by atoms with Crippen LogP contribution in [-0.2, 0) is 14.4 Å². The summed E-state index contributed by atoms with van der Waals surface area (Å²) in [6, 6.07) is -0.661. The molecule has 2 N–H and O–H groups in total.